The van der Waals surface area contributed by atoms with Crippen molar-refractivity contribution < 1.29 is 18.1 Å². The maximum absolute atomic E-state index is 12.2. The molecule has 9 nitrogen and oxygen atoms in total. The van der Waals surface area contributed by atoms with Crippen molar-refractivity contribution in [2.24, 2.45) is 5.10 Å². The first-order chi connectivity index (χ1) is 13.1. The summed E-state index contributed by atoms with van der Waals surface area (Å²) in [4.78, 5) is 22.3. The van der Waals surface area contributed by atoms with Crippen LogP contribution in [0.25, 0.3) is 0 Å². The number of hydrazone groups is 1. The Labute approximate surface area is 162 Å². The highest BCUT2D eigenvalue weighted by molar-refractivity contribution is 7.92. The molecule has 0 aromatic heterocycles. The molecule has 0 bridgehead atoms. The molecule has 0 unspecified atom stereocenters. The highest BCUT2D eigenvalue weighted by atomic mass is 32.2. The Bertz CT molecular complexity index is 1020. The van der Waals surface area contributed by atoms with Gasteiger partial charge in [0.1, 0.15) is 6.54 Å². The van der Waals surface area contributed by atoms with Gasteiger partial charge in [-0.3, -0.25) is 19.2 Å². The zero-order valence-corrected chi connectivity index (χ0v) is 16.4. The predicted molar refractivity (Wildman–Crippen MR) is 107 cm³/mol. The average molecular weight is 404 g/mol. The minimum absolute atomic E-state index is 0.0569. The number of amides is 1. The van der Waals surface area contributed by atoms with E-state index in [9.17, 15) is 23.3 Å². The molecule has 0 heterocycles. The van der Waals surface area contributed by atoms with Crippen LogP contribution >= 0.6 is 0 Å². The van der Waals surface area contributed by atoms with Gasteiger partial charge in [-0.05, 0) is 48.7 Å². The highest BCUT2D eigenvalue weighted by Crippen LogP contribution is 2.23. The topological polar surface area (TPSA) is 122 Å². The Hall–Kier alpha value is -3.27. The first kappa shape index (κ1) is 21.0. The van der Waals surface area contributed by atoms with Crippen LogP contribution in [-0.4, -0.2) is 38.3 Å². The molecular weight excluding hydrogens is 384 g/mol. The lowest BCUT2D eigenvalue weighted by Crippen LogP contribution is -2.39. The number of hydrogen-bond donors (Lipinski definition) is 1. The molecule has 2 aromatic carbocycles. The smallest absolute Gasteiger partial charge is 0.269 e. The molecule has 1 amide bonds. The Balaban J connectivity index is 2.10. The van der Waals surface area contributed by atoms with Gasteiger partial charge in [0.2, 0.25) is 10.0 Å². The van der Waals surface area contributed by atoms with Crippen LogP contribution in [0.5, 0.6) is 0 Å². The van der Waals surface area contributed by atoms with E-state index < -0.39 is 27.4 Å². The Kier molecular flexibility index (Phi) is 6.47. The van der Waals surface area contributed by atoms with Crippen molar-refractivity contribution in [2.45, 2.75) is 13.8 Å². The molecule has 0 saturated heterocycles. The van der Waals surface area contributed by atoms with Gasteiger partial charge in [0.25, 0.3) is 11.6 Å². The third kappa shape index (κ3) is 5.61. The number of sulfonamides is 1. The van der Waals surface area contributed by atoms with Crippen LogP contribution in [0.15, 0.2) is 47.6 Å². The third-order valence-electron chi connectivity index (χ3n) is 3.83. The molecule has 1 N–H and O–H groups in total. The van der Waals surface area contributed by atoms with Crippen molar-refractivity contribution in [3.05, 3.63) is 69.3 Å². The van der Waals surface area contributed by atoms with Gasteiger partial charge in [0.05, 0.1) is 23.1 Å². The van der Waals surface area contributed by atoms with Gasteiger partial charge in [-0.25, -0.2) is 13.8 Å². The number of carbonyl (C=O) groups is 1. The third-order valence-corrected chi connectivity index (χ3v) is 4.95. The molecule has 0 atom stereocenters. The average Bonchev–Trinajstić information content (AvgIpc) is 2.61. The van der Waals surface area contributed by atoms with Crippen LogP contribution in [0.1, 0.15) is 16.7 Å². The summed E-state index contributed by atoms with van der Waals surface area (Å²) in [6.45, 7) is 3.16. The minimum Gasteiger partial charge on any atom is -0.271 e. The monoisotopic (exact) mass is 404 g/mol. The van der Waals surface area contributed by atoms with Crippen LogP contribution in [0.4, 0.5) is 11.4 Å². The van der Waals surface area contributed by atoms with Crippen LogP contribution in [0.2, 0.25) is 0 Å². The standard InChI is InChI=1S/C18H20N4O5S/c1-13-4-5-14(2)17(10-13)21(28(3,26)27)12-18(23)20-19-11-15-6-8-16(9-7-15)22(24)25/h4-11H,12H2,1-3H3,(H,20,23)/b19-11-. The number of nitro benzene ring substituents is 1. The molecule has 148 valence electrons. The van der Waals surface area contributed by atoms with Gasteiger partial charge >= 0.3 is 0 Å². The normalized spacial score (nSPS) is 11.4. The summed E-state index contributed by atoms with van der Waals surface area (Å²) < 4.78 is 25.4. The Morgan fingerprint density at radius 3 is 2.43 bits per heavy atom. The first-order valence-corrected chi connectivity index (χ1v) is 10.0. The SMILES string of the molecule is Cc1ccc(C)c(N(CC(=O)N/N=C\c2ccc([N+](=O)[O-])cc2)S(C)(=O)=O)c1. The van der Waals surface area contributed by atoms with Gasteiger partial charge < -0.3 is 0 Å². The number of hydrogen-bond acceptors (Lipinski definition) is 6. The van der Waals surface area contributed by atoms with E-state index in [1.807, 2.05) is 13.0 Å². The number of benzene rings is 2. The molecule has 0 spiro atoms. The van der Waals surface area contributed by atoms with Crippen molar-refractivity contribution in [1.82, 2.24) is 5.43 Å². The second-order valence-electron chi connectivity index (χ2n) is 6.20. The Morgan fingerprint density at radius 2 is 1.86 bits per heavy atom. The van der Waals surface area contributed by atoms with Crippen LogP contribution in [-0.2, 0) is 14.8 Å². The van der Waals surface area contributed by atoms with E-state index in [1.54, 1.807) is 19.1 Å². The number of aryl methyl sites for hydroxylation is 2. The number of non-ortho nitro benzene ring substituents is 1. The van der Waals surface area contributed by atoms with Crippen molar-refractivity contribution in [3.8, 4) is 0 Å². The number of nitrogens with one attached hydrogen (secondary N) is 1. The molecule has 0 fully saturated rings. The van der Waals surface area contributed by atoms with Crippen molar-refractivity contribution in [2.75, 3.05) is 17.1 Å². The van der Waals surface area contributed by atoms with Gasteiger partial charge in [-0.15, -0.1) is 0 Å². The number of nitrogens with zero attached hydrogens (tertiary/aromatic N) is 3. The van der Waals surface area contributed by atoms with Crippen LogP contribution < -0.4 is 9.73 Å². The number of anilines is 1. The summed E-state index contributed by atoms with van der Waals surface area (Å²) in [6.07, 6.45) is 2.34. The zero-order valence-electron chi connectivity index (χ0n) is 15.6. The molecular formula is C18H20N4O5S. The number of rotatable bonds is 7. The van der Waals surface area contributed by atoms with Gasteiger partial charge in [0, 0.05) is 12.1 Å². The molecule has 2 rings (SSSR count). The van der Waals surface area contributed by atoms with E-state index in [2.05, 4.69) is 10.5 Å². The fourth-order valence-electron chi connectivity index (χ4n) is 2.40. The van der Waals surface area contributed by atoms with E-state index in [0.29, 0.717) is 11.3 Å². The van der Waals surface area contributed by atoms with E-state index >= 15 is 0 Å². The summed E-state index contributed by atoms with van der Waals surface area (Å²) in [5.74, 6) is -0.621. The summed E-state index contributed by atoms with van der Waals surface area (Å²) in [5, 5.41) is 14.4. The zero-order chi connectivity index (χ0) is 20.9. The van der Waals surface area contributed by atoms with Crippen molar-refractivity contribution in [3.63, 3.8) is 0 Å². The lowest BCUT2D eigenvalue weighted by molar-refractivity contribution is -0.384. The molecule has 0 aliphatic heterocycles. The van der Waals surface area contributed by atoms with Gasteiger partial charge in [-0.1, -0.05) is 12.1 Å². The maximum atomic E-state index is 12.2. The number of carbonyl (C=O) groups excluding carboxylic acids is 1. The van der Waals surface area contributed by atoms with E-state index in [4.69, 9.17) is 0 Å². The lowest BCUT2D eigenvalue weighted by Gasteiger charge is -2.23. The van der Waals surface area contributed by atoms with E-state index in [0.717, 1.165) is 21.7 Å². The molecule has 0 saturated carbocycles. The van der Waals surface area contributed by atoms with Crippen molar-refractivity contribution in [1.29, 1.82) is 0 Å². The second kappa shape index (κ2) is 8.61. The fraction of sp³-hybridized carbons (Fsp3) is 0.222. The van der Waals surface area contributed by atoms with Gasteiger partial charge in [0.15, 0.2) is 0 Å². The summed E-state index contributed by atoms with van der Waals surface area (Å²) >= 11 is 0. The van der Waals surface area contributed by atoms with Crippen LogP contribution in [0.3, 0.4) is 0 Å². The maximum Gasteiger partial charge on any atom is 0.269 e. The predicted octanol–water partition coefficient (Wildman–Crippen LogP) is 2.13. The molecule has 0 aliphatic carbocycles. The molecule has 2 aromatic rings. The van der Waals surface area contributed by atoms with Crippen molar-refractivity contribution >= 4 is 33.5 Å². The quantitative estimate of drug-likeness (QED) is 0.430. The summed E-state index contributed by atoms with van der Waals surface area (Å²) in [7, 11) is -3.69. The Morgan fingerprint density at radius 1 is 1.21 bits per heavy atom. The molecule has 0 aliphatic rings. The van der Waals surface area contributed by atoms with E-state index in [1.165, 1.54) is 30.5 Å². The van der Waals surface area contributed by atoms with Gasteiger partial charge in [-0.2, -0.15) is 5.10 Å². The number of nitro groups is 1. The van der Waals surface area contributed by atoms with E-state index in [-0.39, 0.29) is 5.69 Å². The molecule has 10 heteroatoms. The minimum atomic E-state index is -3.69. The summed E-state index contributed by atoms with van der Waals surface area (Å²) in [5.41, 5.74) is 4.77. The largest absolute Gasteiger partial charge is 0.271 e. The summed E-state index contributed by atoms with van der Waals surface area (Å²) in [6, 6.07) is 10.9. The second-order valence-corrected chi connectivity index (χ2v) is 8.11. The molecule has 0 radical (unpaired) electrons. The lowest BCUT2D eigenvalue weighted by atomic mass is 10.1. The fourth-order valence-corrected chi connectivity index (χ4v) is 3.30. The van der Waals surface area contributed by atoms with Crippen LogP contribution in [0, 0.1) is 24.0 Å². The first-order valence-electron chi connectivity index (χ1n) is 8.19. The molecule has 28 heavy (non-hydrogen) atoms. The highest BCUT2D eigenvalue weighted by Gasteiger charge is 2.22.